The number of anilines is 1. The lowest BCUT2D eigenvalue weighted by atomic mass is 10.00. The molecule has 2 atom stereocenters. The summed E-state index contributed by atoms with van der Waals surface area (Å²) >= 11 is 0. The fourth-order valence-corrected chi connectivity index (χ4v) is 2.11. The number of nitrogens with one attached hydrogen (secondary N) is 1. The van der Waals surface area contributed by atoms with Gasteiger partial charge in [-0.15, -0.1) is 0 Å². The van der Waals surface area contributed by atoms with Gasteiger partial charge in [-0.1, -0.05) is 20.3 Å². The van der Waals surface area contributed by atoms with Crippen LogP contribution in [0.3, 0.4) is 0 Å². The van der Waals surface area contributed by atoms with Crippen LogP contribution in [-0.4, -0.2) is 18.6 Å². The molecule has 4 nitrogen and oxygen atoms in total. The van der Waals surface area contributed by atoms with Crippen molar-refractivity contribution < 1.29 is 9.53 Å². The number of carbonyl (C=O) groups excluding carboxylic acids is 1. The number of hydrogen-bond acceptors (Lipinski definition) is 3. The maximum atomic E-state index is 12.1. The van der Waals surface area contributed by atoms with E-state index in [0.29, 0.717) is 29.5 Å². The van der Waals surface area contributed by atoms with Crippen molar-refractivity contribution in [3.05, 3.63) is 23.8 Å². The van der Waals surface area contributed by atoms with E-state index in [1.165, 1.54) is 0 Å². The Kier molecular flexibility index (Phi) is 6.36. The summed E-state index contributed by atoms with van der Waals surface area (Å²) < 4.78 is 5.36. The predicted octanol–water partition coefficient (Wildman–Crippen LogP) is 3.22. The van der Waals surface area contributed by atoms with Crippen LogP contribution in [0, 0.1) is 5.92 Å². The molecule has 0 saturated carbocycles. The van der Waals surface area contributed by atoms with E-state index >= 15 is 0 Å². The van der Waals surface area contributed by atoms with Crippen LogP contribution in [0.25, 0.3) is 0 Å². The summed E-state index contributed by atoms with van der Waals surface area (Å²) in [6, 6.07) is 5.31. The topological polar surface area (TPSA) is 64.3 Å². The Morgan fingerprint density at radius 3 is 2.60 bits per heavy atom. The SMILES string of the molecule is CCOc1ccc(C(=O)NC(C)CC(C)CC)cc1N. The minimum absolute atomic E-state index is 0.0875. The van der Waals surface area contributed by atoms with Gasteiger partial charge in [0.1, 0.15) is 5.75 Å². The molecule has 0 radical (unpaired) electrons. The van der Waals surface area contributed by atoms with Crippen molar-refractivity contribution >= 4 is 11.6 Å². The van der Waals surface area contributed by atoms with Gasteiger partial charge in [-0.3, -0.25) is 4.79 Å². The third-order valence-electron chi connectivity index (χ3n) is 3.40. The van der Waals surface area contributed by atoms with E-state index in [2.05, 4.69) is 19.2 Å². The monoisotopic (exact) mass is 278 g/mol. The summed E-state index contributed by atoms with van der Waals surface area (Å²) in [4.78, 5) is 12.1. The van der Waals surface area contributed by atoms with Crippen molar-refractivity contribution in [3.63, 3.8) is 0 Å². The van der Waals surface area contributed by atoms with Crippen LogP contribution in [0.4, 0.5) is 5.69 Å². The minimum atomic E-state index is -0.0875. The van der Waals surface area contributed by atoms with Crippen molar-refractivity contribution in [1.82, 2.24) is 5.32 Å². The van der Waals surface area contributed by atoms with Gasteiger partial charge in [0.2, 0.25) is 0 Å². The molecule has 1 aromatic rings. The fourth-order valence-electron chi connectivity index (χ4n) is 2.11. The third kappa shape index (κ3) is 4.76. The lowest BCUT2D eigenvalue weighted by Gasteiger charge is -2.18. The summed E-state index contributed by atoms with van der Waals surface area (Å²) in [5.74, 6) is 1.14. The number of nitrogens with two attached hydrogens (primary N) is 1. The molecule has 1 rings (SSSR count). The molecule has 4 heteroatoms. The summed E-state index contributed by atoms with van der Waals surface area (Å²) in [6.45, 7) is 8.84. The molecular formula is C16H26N2O2. The number of nitrogen functional groups attached to an aromatic ring is 1. The molecule has 0 bridgehead atoms. The van der Waals surface area contributed by atoms with Gasteiger partial charge < -0.3 is 15.8 Å². The van der Waals surface area contributed by atoms with E-state index < -0.39 is 0 Å². The zero-order valence-electron chi connectivity index (χ0n) is 12.9. The summed E-state index contributed by atoms with van der Waals surface area (Å²) in [7, 11) is 0. The van der Waals surface area contributed by atoms with Gasteiger partial charge in [0.15, 0.2) is 0 Å². The first-order valence-corrected chi connectivity index (χ1v) is 7.31. The van der Waals surface area contributed by atoms with E-state index in [1.54, 1.807) is 18.2 Å². The molecule has 20 heavy (non-hydrogen) atoms. The van der Waals surface area contributed by atoms with Crippen molar-refractivity contribution in [2.75, 3.05) is 12.3 Å². The second-order valence-corrected chi connectivity index (χ2v) is 5.31. The molecule has 1 aromatic carbocycles. The van der Waals surface area contributed by atoms with Crippen molar-refractivity contribution in [2.24, 2.45) is 5.92 Å². The average molecular weight is 278 g/mol. The van der Waals surface area contributed by atoms with Gasteiger partial charge >= 0.3 is 0 Å². The first-order valence-electron chi connectivity index (χ1n) is 7.31. The van der Waals surface area contributed by atoms with Crippen LogP contribution < -0.4 is 15.8 Å². The van der Waals surface area contributed by atoms with Gasteiger partial charge in [0.25, 0.3) is 5.91 Å². The van der Waals surface area contributed by atoms with Crippen LogP contribution in [0.2, 0.25) is 0 Å². The normalized spacial score (nSPS) is 13.6. The van der Waals surface area contributed by atoms with E-state index in [4.69, 9.17) is 10.5 Å². The number of carbonyl (C=O) groups is 1. The zero-order chi connectivity index (χ0) is 15.1. The minimum Gasteiger partial charge on any atom is -0.492 e. The lowest BCUT2D eigenvalue weighted by molar-refractivity contribution is 0.0935. The van der Waals surface area contributed by atoms with Crippen LogP contribution in [0.5, 0.6) is 5.75 Å². The molecule has 0 aliphatic rings. The molecule has 0 aliphatic carbocycles. The highest BCUT2D eigenvalue weighted by Crippen LogP contribution is 2.22. The van der Waals surface area contributed by atoms with Crippen LogP contribution in [-0.2, 0) is 0 Å². The zero-order valence-corrected chi connectivity index (χ0v) is 12.9. The van der Waals surface area contributed by atoms with Gasteiger partial charge in [0.05, 0.1) is 12.3 Å². The van der Waals surface area contributed by atoms with E-state index in [0.717, 1.165) is 12.8 Å². The molecule has 2 unspecified atom stereocenters. The van der Waals surface area contributed by atoms with E-state index in [9.17, 15) is 4.79 Å². The number of amides is 1. The molecule has 3 N–H and O–H groups in total. The maximum Gasteiger partial charge on any atom is 0.251 e. The second kappa shape index (κ2) is 7.78. The number of ether oxygens (including phenoxy) is 1. The Labute approximate surface area is 121 Å². The second-order valence-electron chi connectivity index (χ2n) is 5.31. The van der Waals surface area contributed by atoms with Crippen molar-refractivity contribution in [3.8, 4) is 5.75 Å². The average Bonchev–Trinajstić information content (AvgIpc) is 2.40. The highest BCUT2D eigenvalue weighted by molar-refractivity contribution is 5.95. The number of benzene rings is 1. The summed E-state index contributed by atoms with van der Waals surface area (Å²) in [6.07, 6.45) is 2.10. The Balaban J connectivity index is 2.66. The highest BCUT2D eigenvalue weighted by atomic mass is 16.5. The largest absolute Gasteiger partial charge is 0.492 e. The summed E-state index contributed by atoms with van der Waals surface area (Å²) in [5.41, 5.74) is 6.94. The highest BCUT2D eigenvalue weighted by Gasteiger charge is 2.13. The molecular weight excluding hydrogens is 252 g/mol. The molecule has 0 aliphatic heterocycles. The standard InChI is InChI=1S/C16H26N2O2/c1-5-11(3)9-12(4)18-16(19)13-7-8-15(20-6-2)14(17)10-13/h7-8,10-12H,5-6,9,17H2,1-4H3,(H,18,19). The van der Waals surface area contributed by atoms with Crippen molar-refractivity contribution in [1.29, 1.82) is 0 Å². The smallest absolute Gasteiger partial charge is 0.251 e. The lowest BCUT2D eigenvalue weighted by Crippen LogP contribution is -2.33. The molecule has 0 saturated heterocycles. The first-order chi connectivity index (χ1) is 9.47. The molecule has 0 spiro atoms. The molecule has 0 aromatic heterocycles. The van der Waals surface area contributed by atoms with Gasteiger partial charge in [-0.25, -0.2) is 0 Å². The quantitative estimate of drug-likeness (QED) is 0.753. The Morgan fingerprint density at radius 1 is 1.35 bits per heavy atom. The number of rotatable bonds is 7. The van der Waals surface area contributed by atoms with E-state index in [1.807, 2.05) is 13.8 Å². The Morgan fingerprint density at radius 2 is 2.05 bits per heavy atom. The van der Waals surface area contributed by atoms with Gasteiger partial charge in [-0.2, -0.15) is 0 Å². The van der Waals surface area contributed by atoms with Crippen LogP contribution in [0.15, 0.2) is 18.2 Å². The maximum absolute atomic E-state index is 12.1. The van der Waals surface area contributed by atoms with Crippen molar-refractivity contribution in [2.45, 2.75) is 46.6 Å². The Bertz CT molecular complexity index is 446. The van der Waals surface area contributed by atoms with E-state index in [-0.39, 0.29) is 11.9 Å². The molecule has 1 amide bonds. The third-order valence-corrected chi connectivity index (χ3v) is 3.40. The van der Waals surface area contributed by atoms with Crippen LogP contribution in [0.1, 0.15) is 50.9 Å². The fraction of sp³-hybridized carbons (Fsp3) is 0.562. The Hall–Kier alpha value is -1.71. The predicted molar refractivity (Wildman–Crippen MR) is 83.0 cm³/mol. The molecule has 112 valence electrons. The first kappa shape index (κ1) is 16.3. The van der Waals surface area contributed by atoms with Gasteiger partial charge in [0, 0.05) is 11.6 Å². The molecule has 0 fully saturated rings. The van der Waals surface area contributed by atoms with Crippen LogP contribution >= 0.6 is 0 Å². The summed E-state index contributed by atoms with van der Waals surface area (Å²) in [5, 5.41) is 3.00. The molecule has 0 heterocycles. The number of hydrogen-bond donors (Lipinski definition) is 2. The van der Waals surface area contributed by atoms with Gasteiger partial charge in [-0.05, 0) is 44.4 Å².